The van der Waals surface area contributed by atoms with E-state index >= 15 is 0 Å². The summed E-state index contributed by atoms with van der Waals surface area (Å²) in [5.41, 5.74) is 1.06. The van der Waals surface area contributed by atoms with Crippen molar-refractivity contribution >= 4 is 29.0 Å². The number of carbonyl (C=O) groups is 1. The molecular formula is C26H25N5O5S. The first-order valence-corrected chi connectivity index (χ1v) is 12.3. The van der Waals surface area contributed by atoms with E-state index < -0.39 is 16.3 Å². The summed E-state index contributed by atoms with van der Waals surface area (Å²) in [6.07, 6.45) is -0.469. The Morgan fingerprint density at radius 1 is 1.00 bits per heavy atom. The second-order valence-electron chi connectivity index (χ2n) is 8.01. The molecule has 4 rings (SSSR count). The van der Waals surface area contributed by atoms with Gasteiger partial charge >= 0.3 is 0 Å². The van der Waals surface area contributed by atoms with E-state index in [2.05, 4.69) is 15.5 Å². The fraction of sp³-hybridized carbons (Fsp3) is 0.192. The van der Waals surface area contributed by atoms with Gasteiger partial charge in [0, 0.05) is 29.6 Å². The number of anilines is 1. The maximum absolute atomic E-state index is 12.9. The van der Waals surface area contributed by atoms with Crippen molar-refractivity contribution in [3.8, 4) is 17.2 Å². The summed E-state index contributed by atoms with van der Waals surface area (Å²) in [5.74, 6) is 1.53. The van der Waals surface area contributed by atoms with Crippen LogP contribution in [0.4, 0.5) is 11.4 Å². The van der Waals surface area contributed by atoms with Gasteiger partial charge in [-0.3, -0.25) is 19.5 Å². The molecule has 0 aliphatic heterocycles. The van der Waals surface area contributed by atoms with Crippen LogP contribution in [0.5, 0.6) is 11.5 Å². The maximum Gasteiger partial charge on any atom is 0.271 e. The molecule has 0 fully saturated rings. The third-order valence-corrected chi connectivity index (χ3v) is 6.41. The van der Waals surface area contributed by atoms with Crippen molar-refractivity contribution in [2.75, 3.05) is 12.4 Å². The highest BCUT2D eigenvalue weighted by molar-refractivity contribution is 8.00. The van der Waals surface area contributed by atoms with E-state index in [9.17, 15) is 14.9 Å². The molecule has 1 heterocycles. The standard InChI is InChI=1S/C26H25N5O5S/c1-17(36-23-14-8-13-22(16-23)35-3)24-28-29-26(30(24)20-10-5-4-6-11-20)37-18(2)25(32)27-19-9-7-12-21(15-19)31(33)34/h4-18H,1-3H3,(H,27,32). The Morgan fingerprint density at radius 3 is 2.46 bits per heavy atom. The number of rotatable bonds is 10. The van der Waals surface area contributed by atoms with E-state index in [1.54, 1.807) is 26.2 Å². The van der Waals surface area contributed by atoms with E-state index in [4.69, 9.17) is 9.47 Å². The third-order valence-electron chi connectivity index (χ3n) is 5.37. The second kappa shape index (κ2) is 11.6. The number of nitro groups is 1. The number of ether oxygens (including phenoxy) is 2. The van der Waals surface area contributed by atoms with Crippen LogP contribution in [0.2, 0.25) is 0 Å². The molecule has 37 heavy (non-hydrogen) atoms. The highest BCUT2D eigenvalue weighted by Gasteiger charge is 2.25. The van der Waals surface area contributed by atoms with Crippen LogP contribution >= 0.6 is 11.8 Å². The highest BCUT2D eigenvalue weighted by atomic mass is 32.2. The molecule has 4 aromatic rings. The fourth-order valence-corrected chi connectivity index (χ4v) is 4.40. The van der Waals surface area contributed by atoms with Crippen LogP contribution in [0.3, 0.4) is 0 Å². The van der Waals surface area contributed by atoms with Gasteiger partial charge in [0.2, 0.25) is 5.91 Å². The van der Waals surface area contributed by atoms with Gasteiger partial charge in [-0.15, -0.1) is 10.2 Å². The van der Waals surface area contributed by atoms with Gasteiger partial charge in [0.05, 0.1) is 17.3 Å². The number of aromatic nitrogens is 3. The zero-order valence-corrected chi connectivity index (χ0v) is 21.2. The Labute approximate surface area is 217 Å². The van der Waals surface area contributed by atoms with Crippen LogP contribution < -0.4 is 14.8 Å². The van der Waals surface area contributed by atoms with Gasteiger partial charge in [-0.25, -0.2) is 0 Å². The quantitative estimate of drug-likeness (QED) is 0.167. The lowest BCUT2D eigenvalue weighted by Gasteiger charge is -2.18. The predicted molar refractivity (Wildman–Crippen MR) is 140 cm³/mol. The number of non-ortho nitro benzene ring substituents is 1. The van der Waals surface area contributed by atoms with Crippen molar-refractivity contribution in [1.82, 2.24) is 14.8 Å². The van der Waals surface area contributed by atoms with Gasteiger partial charge in [-0.05, 0) is 44.2 Å². The number of methoxy groups -OCH3 is 1. The molecule has 11 heteroatoms. The van der Waals surface area contributed by atoms with Crippen LogP contribution in [0.25, 0.3) is 5.69 Å². The SMILES string of the molecule is COc1cccc(OC(C)c2nnc(SC(C)C(=O)Nc3cccc([N+](=O)[O-])c3)n2-c2ccccc2)c1. The fourth-order valence-electron chi connectivity index (χ4n) is 3.52. The molecule has 190 valence electrons. The summed E-state index contributed by atoms with van der Waals surface area (Å²) in [5, 5.41) is 22.4. The smallest absolute Gasteiger partial charge is 0.271 e. The highest BCUT2D eigenvalue weighted by Crippen LogP contribution is 2.31. The lowest BCUT2D eigenvalue weighted by atomic mass is 10.2. The molecule has 3 aromatic carbocycles. The molecule has 2 atom stereocenters. The second-order valence-corrected chi connectivity index (χ2v) is 9.32. The molecule has 1 N–H and O–H groups in total. The minimum Gasteiger partial charge on any atom is -0.497 e. The van der Waals surface area contributed by atoms with Crippen LogP contribution in [-0.2, 0) is 4.79 Å². The zero-order chi connectivity index (χ0) is 26.4. The first-order valence-electron chi connectivity index (χ1n) is 11.4. The number of nitrogens with one attached hydrogen (secondary N) is 1. The lowest BCUT2D eigenvalue weighted by molar-refractivity contribution is -0.384. The number of para-hydroxylation sites is 1. The molecule has 0 radical (unpaired) electrons. The van der Waals surface area contributed by atoms with Gasteiger partial charge in [-0.2, -0.15) is 0 Å². The Balaban J connectivity index is 1.57. The number of hydrogen-bond donors (Lipinski definition) is 1. The van der Waals surface area contributed by atoms with Gasteiger partial charge in [0.1, 0.15) is 11.5 Å². The lowest BCUT2D eigenvalue weighted by Crippen LogP contribution is -2.23. The van der Waals surface area contributed by atoms with E-state index in [1.807, 2.05) is 60.0 Å². The maximum atomic E-state index is 12.9. The first kappa shape index (κ1) is 25.7. The molecule has 2 unspecified atom stereocenters. The Bertz CT molecular complexity index is 1400. The monoisotopic (exact) mass is 519 g/mol. The molecule has 10 nitrogen and oxygen atoms in total. The number of amides is 1. The number of hydrogen-bond acceptors (Lipinski definition) is 8. The number of nitro benzene ring substituents is 1. The molecule has 1 aromatic heterocycles. The summed E-state index contributed by atoms with van der Waals surface area (Å²) in [4.78, 5) is 23.4. The Kier molecular flexibility index (Phi) is 8.04. The number of thioether (sulfide) groups is 1. The van der Waals surface area contributed by atoms with Gasteiger partial charge in [0.25, 0.3) is 5.69 Å². The average Bonchev–Trinajstić information content (AvgIpc) is 3.33. The van der Waals surface area contributed by atoms with Gasteiger partial charge < -0.3 is 14.8 Å². The molecule has 0 saturated carbocycles. The normalized spacial score (nSPS) is 12.4. The summed E-state index contributed by atoms with van der Waals surface area (Å²) in [6.45, 7) is 3.60. The number of benzene rings is 3. The Hall–Kier alpha value is -4.38. The van der Waals surface area contributed by atoms with Crippen molar-refractivity contribution in [3.63, 3.8) is 0 Å². The summed E-state index contributed by atoms with van der Waals surface area (Å²) in [6, 6.07) is 22.7. The van der Waals surface area contributed by atoms with Crippen LogP contribution in [0, 0.1) is 10.1 Å². The van der Waals surface area contributed by atoms with E-state index in [-0.39, 0.29) is 11.6 Å². The minimum absolute atomic E-state index is 0.100. The van der Waals surface area contributed by atoms with Crippen molar-refractivity contribution < 1.29 is 19.2 Å². The van der Waals surface area contributed by atoms with E-state index in [0.29, 0.717) is 28.2 Å². The van der Waals surface area contributed by atoms with Gasteiger partial charge in [0.15, 0.2) is 17.1 Å². The Morgan fingerprint density at radius 2 is 1.73 bits per heavy atom. The molecule has 0 aliphatic carbocycles. The van der Waals surface area contributed by atoms with E-state index in [0.717, 1.165) is 5.69 Å². The molecule has 0 saturated heterocycles. The van der Waals surface area contributed by atoms with Crippen LogP contribution in [0.1, 0.15) is 25.8 Å². The average molecular weight is 520 g/mol. The molecule has 0 bridgehead atoms. The van der Waals surface area contributed by atoms with E-state index in [1.165, 1.54) is 30.0 Å². The van der Waals surface area contributed by atoms with Crippen molar-refractivity contribution in [2.45, 2.75) is 30.4 Å². The summed E-state index contributed by atoms with van der Waals surface area (Å²) in [7, 11) is 1.59. The van der Waals surface area contributed by atoms with Crippen molar-refractivity contribution in [2.24, 2.45) is 0 Å². The van der Waals surface area contributed by atoms with Crippen molar-refractivity contribution in [3.05, 3.63) is 94.8 Å². The summed E-state index contributed by atoms with van der Waals surface area (Å²) >= 11 is 1.22. The third kappa shape index (κ3) is 6.25. The largest absolute Gasteiger partial charge is 0.497 e. The molecular weight excluding hydrogens is 494 g/mol. The number of nitrogens with zero attached hydrogens (tertiary/aromatic N) is 4. The topological polar surface area (TPSA) is 121 Å². The summed E-state index contributed by atoms with van der Waals surface area (Å²) < 4.78 is 13.3. The molecule has 1 amide bonds. The minimum atomic E-state index is -0.576. The molecule has 0 aliphatic rings. The van der Waals surface area contributed by atoms with Crippen LogP contribution in [0.15, 0.2) is 84.0 Å². The first-order chi connectivity index (χ1) is 17.9. The van der Waals surface area contributed by atoms with Gasteiger partial charge in [-0.1, -0.05) is 42.1 Å². The van der Waals surface area contributed by atoms with Crippen molar-refractivity contribution in [1.29, 1.82) is 0 Å². The van der Waals surface area contributed by atoms with Crippen LogP contribution in [-0.4, -0.2) is 38.0 Å². The zero-order valence-electron chi connectivity index (χ0n) is 20.4. The molecule has 0 spiro atoms. The predicted octanol–water partition coefficient (Wildman–Crippen LogP) is 5.44. The number of carbonyl (C=O) groups excluding carboxylic acids is 1.